The third-order valence-electron chi connectivity index (χ3n) is 2.71. The van der Waals surface area contributed by atoms with Gasteiger partial charge in [-0.2, -0.15) is 0 Å². The molecule has 0 aromatic heterocycles. The van der Waals surface area contributed by atoms with E-state index < -0.39 is 0 Å². The minimum absolute atomic E-state index is 0.0360. The number of hydrogen-bond donors (Lipinski definition) is 1. The summed E-state index contributed by atoms with van der Waals surface area (Å²) in [6, 6.07) is 0.666. The Morgan fingerprint density at radius 2 is 1.82 bits per heavy atom. The van der Waals surface area contributed by atoms with E-state index in [9.17, 15) is 5.11 Å². The molecule has 0 aromatic carbocycles. The van der Waals surface area contributed by atoms with Crippen molar-refractivity contribution in [3.8, 4) is 0 Å². The Morgan fingerprint density at radius 3 is 2.18 bits per heavy atom. The van der Waals surface area contributed by atoms with Gasteiger partial charge < -0.3 is 9.59 Å². The van der Waals surface area contributed by atoms with E-state index in [2.05, 4.69) is 21.1 Å². The van der Waals surface area contributed by atoms with Gasteiger partial charge in [0.1, 0.15) is 0 Å². The van der Waals surface area contributed by atoms with Gasteiger partial charge in [-0.3, -0.25) is 0 Å². The maximum absolute atomic E-state index is 9.43. The van der Waals surface area contributed by atoms with Crippen molar-refractivity contribution in [3.05, 3.63) is 0 Å². The standard InChI is InChI=1S/C9H20NO/c1-10(2,3)8-5-4-6-9(11)7-8/h8-9,11H,4-7H2,1-3H3/q+1/t8-,9+/m1/s1. The molecule has 0 aromatic rings. The number of nitrogens with zero attached hydrogens (tertiary/aromatic N) is 1. The van der Waals surface area contributed by atoms with Crippen molar-refractivity contribution in [3.63, 3.8) is 0 Å². The van der Waals surface area contributed by atoms with Crippen molar-refractivity contribution in [1.82, 2.24) is 0 Å². The van der Waals surface area contributed by atoms with Gasteiger partial charge in [0.25, 0.3) is 0 Å². The molecule has 0 bridgehead atoms. The van der Waals surface area contributed by atoms with Gasteiger partial charge in [-0.1, -0.05) is 0 Å². The molecule has 0 saturated heterocycles. The van der Waals surface area contributed by atoms with E-state index in [1.165, 1.54) is 12.8 Å². The molecule has 0 radical (unpaired) electrons. The van der Waals surface area contributed by atoms with Gasteiger partial charge in [0, 0.05) is 6.42 Å². The van der Waals surface area contributed by atoms with Gasteiger partial charge in [0.15, 0.2) is 0 Å². The summed E-state index contributed by atoms with van der Waals surface area (Å²) in [5.74, 6) is 0. The first kappa shape index (κ1) is 9.01. The summed E-state index contributed by atoms with van der Waals surface area (Å²) in [5.41, 5.74) is 0. The van der Waals surface area contributed by atoms with Gasteiger partial charge >= 0.3 is 0 Å². The zero-order valence-electron chi connectivity index (χ0n) is 7.88. The van der Waals surface area contributed by atoms with Crippen molar-refractivity contribution in [1.29, 1.82) is 0 Å². The summed E-state index contributed by atoms with van der Waals surface area (Å²) in [5, 5.41) is 9.43. The van der Waals surface area contributed by atoms with Crippen molar-refractivity contribution in [2.45, 2.75) is 37.8 Å². The number of aliphatic hydroxyl groups is 1. The molecule has 2 nitrogen and oxygen atoms in total. The highest BCUT2D eigenvalue weighted by atomic mass is 16.3. The van der Waals surface area contributed by atoms with Crippen LogP contribution in [0.1, 0.15) is 25.7 Å². The van der Waals surface area contributed by atoms with E-state index in [4.69, 9.17) is 0 Å². The Kier molecular flexibility index (Phi) is 2.55. The molecular formula is C9H20NO+. The van der Waals surface area contributed by atoms with Crippen molar-refractivity contribution in [2.75, 3.05) is 21.1 Å². The molecule has 1 N–H and O–H groups in total. The van der Waals surface area contributed by atoms with Crippen LogP contribution in [0, 0.1) is 0 Å². The van der Waals surface area contributed by atoms with E-state index in [-0.39, 0.29) is 6.10 Å². The zero-order valence-corrected chi connectivity index (χ0v) is 7.88. The second-order valence-electron chi connectivity index (χ2n) is 4.59. The molecule has 11 heavy (non-hydrogen) atoms. The first-order valence-electron chi connectivity index (χ1n) is 4.49. The minimum Gasteiger partial charge on any atom is -0.393 e. The minimum atomic E-state index is -0.0360. The molecule has 0 aliphatic heterocycles. The Labute approximate surface area is 69.4 Å². The molecule has 2 heteroatoms. The number of quaternary nitrogens is 1. The average Bonchev–Trinajstić information content (AvgIpc) is 1.86. The van der Waals surface area contributed by atoms with Gasteiger partial charge in [-0.05, 0) is 19.3 Å². The normalized spacial score (nSPS) is 33.8. The SMILES string of the molecule is C[N+](C)(C)[C@@H]1CCC[C@H](O)C1. The largest absolute Gasteiger partial charge is 0.393 e. The summed E-state index contributed by atoms with van der Waals surface area (Å²) >= 11 is 0. The van der Waals surface area contributed by atoms with Crippen molar-refractivity contribution >= 4 is 0 Å². The maximum atomic E-state index is 9.43. The number of aliphatic hydroxyl groups excluding tert-OH is 1. The van der Waals surface area contributed by atoms with Crippen LogP contribution in [-0.4, -0.2) is 42.9 Å². The Morgan fingerprint density at radius 1 is 1.18 bits per heavy atom. The van der Waals surface area contributed by atoms with Crippen LogP contribution in [0.3, 0.4) is 0 Å². The zero-order chi connectivity index (χ0) is 8.48. The van der Waals surface area contributed by atoms with E-state index in [0.717, 1.165) is 17.3 Å². The van der Waals surface area contributed by atoms with E-state index in [1.807, 2.05) is 0 Å². The Hall–Kier alpha value is -0.0800. The van der Waals surface area contributed by atoms with E-state index in [0.29, 0.717) is 6.04 Å². The lowest BCUT2D eigenvalue weighted by Gasteiger charge is -2.38. The summed E-state index contributed by atoms with van der Waals surface area (Å²) in [4.78, 5) is 0. The van der Waals surface area contributed by atoms with E-state index >= 15 is 0 Å². The molecule has 1 saturated carbocycles. The summed E-state index contributed by atoms with van der Waals surface area (Å²) in [7, 11) is 6.63. The van der Waals surface area contributed by atoms with Crippen LogP contribution < -0.4 is 0 Å². The van der Waals surface area contributed by atoms with Gasteiger partial charge in [0.05, 0.1) is 33.3 Å². The van der Waals surface area contributed by atoms with Crippen molar-refractivity contribution < 1.29 is 9.59 Å². The van der Waals surface area contributed by atoms with Gasteiger partial charge in [-0.15, -0.1) is 0 Å². The Balaban J connectivity index is 2.46. The smallest absolute Gasteiger partial charge is 0.0909 e. The topological polar surface area (TPSA) is 20.2 Å². The molecule has 0 unspecified atom stereocenters. The van der Waals surface area contributed by atoms with Gasteiger partial charge in [-0.25, -0.2) is 0 Å². The molecule has 1 fully saturated rings. The number of rotatable bonds is 1. The molecule has 1 aliphatic carbocycles. The average molecular weight is 158 g/mol. The monoisotopic (exact) mass is 158 g/mol. The van der Waals surface area contributed by atoms with Crippen LogP contribution in [0.4, 0.5) is 0 Å². The molecule has 2 atom stereocenters. The lowest BCUT2D eigenvalue weighted by molar-refractivity contribution is -0.897. The summed E-state index contributed by atoms with van der Waals surface area (Å²) in [6.07, 6.45) is 4.44. The molecule has 66 valence electrons. The quantitative estimate of drug-likeness (QED) is 0.564. The highest BCUT2D eigenvalue weighted by Gasteiger charge is 2.29. The molecule has 0 amide bonds. The van der Waals surface area contributed by atoms with Crippen LogP contribution in [0.25, 0.3) is 0 Å². The number of hydrogen-bond acceptors (Lipinski definition) is 1. The predicted molar refractivity (Wildman–Crippen MR) is 46.3 cm³/mol. The van der Waals surface area contributed by atoms with Crippen LogP contribution in [0.15, 0.2) is 0 Å². The van der Waals surface area contributed by atoms with Crippen LogP contribution >= 0.6 is 0 Å². The predicted octanol–water partition coefficient (Wildman–Crippen LogP) is 0.996. The fraction of sp³-hybridized carbons (Fsp3) is 1.00. The molecule has 0 spiro atoms. The molecule has 0 heterocycles. The second kappa shape index (κ2) is 3.11. The van der Waals surface area contributed by atoms with Crippen LogP contribution in [0.2, 0.25) is 0 Å². The maximum Gasteiger partial charge on any atom is 0.0909 e. The van der Waals surface area contributed by atoms with E-state index in [1.54, 1.807) is 0 Å². The third kappa shape index (κ3) is 2.46. The molecule has 1 aliphatic rings. The van der Waals surface area contributed by atoms with Crippen LogP contribution in [-0.2, 0) is 0 Å². The summed E-state index contributed by atoms with van der Waals surface area (Å²) < 4.78 is 0.997. The highest BCUT2D eigenvalue weighted by molar-refractivity contribution is 4.71. The van der Waals surface area contributed by atoms with Crippen molar-refractivity contribution in [2.24, 2.45) is 0 Å². The molecule has 1 rings (SSSR count). The first-order valence-corrected chi connectivity index (χ1v) is 4.49. The fourth-order valence-corrected chi connectivity index (χ4v) is 1.84. The first-order chi connectivity index (χ1) is 5.00. The van der Waals surface area contributed by atoms with Crippen LogP contribution in [0.5, 0.6) is 0 Å². The highest BCUT2D eigenvalue weighted by Crippen LogP contribution is 2.24. The lowest BCUT2D eigenvalue weighted by atomic mass is 9.91. The Bertz CT molecular complexity index is 128. The molecular weight excluding hydrogens is 138 g/mol. The second-order valence-corrected chi connectivity index (χ2v) is 4.59. The lowest BCUT2D eigenvalue weighted by Crippen LogP contribution is -2.48. The fourth-order valence-electron chi connectivity index (χ4n) is 1.84. The summed E-state index contributed by atoms with van der Waals surface area (Å²) in [6.45, 7) is 0. The van der Waals surface area contributed by atoms with Gasteiger partial charge in [0.2, 0.25) is 0 Å². The third-order valence-corrected chi connectivity index (χ3v) is 2.71.